The van der Waals surface area contributed by atoms with Gasteiger partial charge in [-0.2, -0.15) is 0 Å². The van der Waals surface area contributed by atoms with Crippen LogP contribution in [-0.2, 0) is 13.0 Å². The Morgan fingerprint density at radius 2 is 2.00 bits per heavy atom. The van der Waals surface area contributed by atoms with Gasteiger partial charge in [0.1, 0.15) is 0 Å². The third-order valence-electron chi connectivity index (χ3n) is 4.83. The van der Waals surface area contributed by atoms with Crippen molar-refractivity contribution < 1.29 is 4.39 Å². The Balaban J connectivity index is 1.73. The first-order valence-corrected chi connectivity index (χ1v) is 8.96. The maximum Gasteiger partial charge on any atom is 0.153 e. The molecule has 1 aliphatic heterocycles. The highest BCUT2D eigenvalue weighted by atomic mass is 79.9. The SMILES string of the molecule is Cc1cc(Br)ccc1CN1C=Cn2c(c(F)c3c2=CC(C)(C)C3)=C1. The van der Waals surface area contributed by atoms with Crippen molar-refractivity contribution >= 4 is 34.4 Å². The maximum absolute atomic E-state index is 14.9. The van der Waals surface area contributed by atoms with Crippen LogP contribution in [0.3, 0.4) is 0 Å². The number of rotatable bonds is 2. The minimum absolute atomic E-state index is 0.0348. The van der Waals surface area contributed by atoms with E-state index in [0.717, 1.165) is 28.4 Å². The van der Waals surface area contributed by atoms with E-state index in [1.54, 1.807) is 0 Å². The van der Waals surface area contributed by atoms with Gasteiger partial charge >= 0.3 is 0 Å². The van der Waals surface area contributed by atoms with Crippen LogP contribution in [0.15, 0.2) is 28.9 Å². The minimum Gasteiger partial charge on any atom is -0.346 e. The number of aryl methyl sites for hydroxylation is 1. The first-order chi connectivity index (χ1) is 11.3. The molecule has 124 valence electrons. The molecule has 0 saturated heterocycles. The molecule has 2 aromatic rings. The highest BCUT2D eigenvalue weighted by molar-refractivity contribution is 9.10. The summed E-state index contributed by atoms with van der Waals surface area (Å²) in [4.78, 5) is 2.05. The van der Waals surface area contributed by atoms with Gasteiger partial charge < -0.3 is 9.47 Å². The molecule has 0 fully saturated rings. The molecule has 4 heteroatoms. The van der Waals surface area contributed by atoms with Crippen LogP contribution in [0.1, 0.15) is 30.5 Å². The van der Waals surface area contributed by atoms with Gasteiger partial charge in [-0.05, 0) is 42.0 Å². The molecular weight excluding hydrogens is 367 g/mol. The molecule has 0 radical (unpaired) electrons. The Morgan fingerprint density at radius 1 is 1.21 bits per heavy atom. The Bertz CT molecular complexity index is 982. The summed E-state index contributed by atoms with van der Waals surface area (Å²) in [6, 6.07) is 6.27. The number of fused-ring (bicyclic) bond motifs is 3. The lowest BCUT2D eigenvalue weighted by molar-refractivity contribution is 0.501. The summed E-state index contributed by atoms with van der Waals surface area (Å²) in [6.45, 7) is 7.14. The molecule has 0 N–H and O–H groups in total. The fraction of sp³-hybridized carbons (Fsp3) is 0.300. The van der Waals surface area contributed by atoms with Crippen molar-refractivity contribution in [2.75, 3.05) is 0 Å². The molecule has 2 aliphatic rings. The lowest BCUT2D eigenvalue weighted by Gasteiger charge is -2.20. The average molecular weight is 387 g/mol. The molecule has 0 amide bonds. The van der Waals surface area contributed by atoms with Gasteiger partial charge in [-0.1, -0.05) is 41.9 Å². The van der Waals surface area contributed by atoms with Crippen molar-refractivity contribution in [1.82, 2.24) is 9.47 Å². The summed E-state index contributed by atoms with van der Waals surface area (Å²) in [6.07, 6.45) is 8.86. The normalized spacial score (nSPS) is 17.3. The largest absolute Gasteiger partial charge is 0.346 e. The number of halogens is 2. The van der Waals surface area contributed by atoms with Crippen LogP contribution in [0.2, 0.25) is 0 Å². The molecule has 2 nitrogen and oxygen atoms in total. The third kappa shape index (κ3) is 2.53. The minimum atomic E-state index is -0.0753. The zero-order valence-electron chi connectivity index (χ0n) is 14.1. The lowest BCUT2D eigenvalue weighted by Crippen LogP contribution is -2.30. The van der Waals surface area contributed by atoms with Gasteiger partial charge in [0.25, 0.3) is 0 Å². The van der Waals surface area contributed by atoms with E-state index in [2.05, 4.69) is 59.8 Å². The molecule has 1 aliphatic carbocycles. The first kappa shape index (κ1) is 15.7. The van der Waals surface area contributed by atoms with Gasteiger partial charge in [0.05, 0.1) is 5.35 Å². The van der Waals surface area contributed by atoms with E-state index < -0.39 is 0 Å². The van der Waals surface area contributed by atoms with Gasteiger partial charge in [-0.15, -0.1) is 0 Å². The number of nitrogens with zero attached hydrogens (tertiary/aromatic N) is 2. The van der Waals surface area contributed by atoms with Crippen molar-refractivity contribution in [2.24, 2.45) is 5.41 Å². The van der Waals surface area contributed by atoms with Crippen LogP contribution in [0.25, 0.3) is 18.5 Å². The van der Waals surface area contributed by atoms with Crippen LogP contribution in [-0.4, -0.2) is 9.47 Å². The molecule has 1 aromatic carbocycles. The van der Waals surface area contributed by atoms with E-state index in [0.29, 0.717) is 5.35 Å². The smallest absolute Gasteiger partial charge is 0.153 e. The fourth-order valence-electron chi connectivity index (χ4n) is 3.61. The fourth-order valence-corrected chi connectivity index (χ4v) is 4.09. The van der Waals surface area contributed by atoms with Gasteiger partial charge in [-0.3, -0.25) is 0 Å². The molecule has 4 rings (SSSR count). The molecule has 0 bridgehead atoms. The average Bonchev–Trinajstić information content (AvgIpc) is 2.95. The molecule has 0 spiro atoms. The second-order valence-corrected chi connectivity index (χ2v) is 8.33. The summed E-state index contributed by atoms with van der Waals surface area (Å²) in [7, 11) is 0. The summed E-state index contributed by atoms with van der Waals surface area (Å²) in [5.74, 6) is -0.0753. The van der Waals surface area contributed by atoms with Gasteiger partial charge in [0.2, 0.25) is 0 Å². The van der Waals surface area contributed by atoms with Crippen LogP contribution < -0.4 is 10.7 Å². The Kier molecular flexibility index (Phi) is 3.50. The lowest BCUT2D eigenvalue weighted by atomic mass is 9.91. The van der Waals surface area contributed by atoms with E-state index in [1.165, 1.54) is 11.1 Å². The Hall–Kier alpha value is -1.81. The van der Waals surface area contributed by atoms with E-state index in [9.17, 15) is 4.39 Å². The summed E-state index contributed by atoms with van der Waals surface area (Å²) >= 11 is 3.49. The van der Waals surface area contributed by atoms with Crippen LogP contribution in [0.4, 0.5) is 4.39 Å². The molecule has 0 saturated carbocycles. The van der Waals surface area contributed by atoms with E-state index in [4.69, 9.17) is 0 Å². The van der Waals surface area contributed by atoms with Gasteiger partial charge in [0.15, 0.2) is 5.82 Å². The molecular formula is C20H20BrFN2. The number of hydrogen-bond donors (Lipinski definition) is 0. The number of hydrogen-bond acceptors (Lipinski definition) is 1. The molecule has 2 heterocycles. The standard InChI is InChI=1S/C20H20BrFN2/c1-13-8-15(21)5-4-14(13)11-23-6-7-24-17-10-20(2,3)9-16(17)19(22)18(24)12-23/h4-8,10,12H,9,11H2,1-3H3. The van der Waals surface area contributed by atoms with E-state index >= 15 is 0 Å². The van der Waals surface area contributed by atoms with Crippen LogP contribution in [0.5, 0.6) is 0 Å². The second kappa shape index (κ2) is 5.35. The predicted molar refractivity (Wildman–Crippen MR) is 99.8 cm³/mol. The molecule has 24 heavy (non-hydrogen) atoms. The predicted octanol–water partition coefficient (Wildman–Crippen LogP) is 3.74. The van der Waals surface area contributed by atoms with Crippen molar-refractivity contribution in [1.29, 1.82) is 0 Å². The van der Waals surface area contributed by atoms with E-state index in [-0.39, 0.29) is 11.2 Å². The molecule has 0 atom stereocenters. The topological polar surface area (TPSA) is 8.17 Å². The van der Waals surface area contributed by atoms with Gasteiger partial charge in [-0.25, -0.2) is 4.39 Å². The molecule has 0 unspecified atom stereocenters. The van der Waals surface area contributed by atoms with Crippen molar-refractivity contribution in [3.63, 3.8) is 0 Å². The van der Waals surface area contributed by atoms with Crippen LogP contribution in [0, 0.1) is 18.2 Å². The third-order valence-corrected chi connectivity index (χ3v) is 5.32. The summed E-state index contributed by atoms with van der Waals surface area (Å²) in [5.41, 5.74) is 3.34. The monoisotopic (exact) mass is 386 g/mol. The first-order valence-electron chi connectivity index (χ1n) is 8.16. The second-order valence-electron chi connectivity index (χ2n) is 7.41. The zero-order valence-corrected chi connectivity index (χ0v) is 15.7. The van der Waals surface area contributed by atoms with Gasteiger partial charge in [0, 0.05) is 40.5 Å². The number of aromatic nitrogens is 1. The maximum atomic E-state index is 14.9. The number of benzene rings is 1. The Morgan fingerprint density at radius 3 is 2.75 bits per heavy atom. The summed E-state index contributed by atoms with van der Waals surface area (Å²) in [5, 5.41) is 1.67. The summed E-state index contributed by atoms with van der Waals surface area (Å²) < 4.78 is 17.9. The highest BCUT2D eigenvalue weighted by Crippen LogP contribution is 2.28. The molecule has 1 aromatic heterocycles. The quantitative estimate of drug-likeness (QED) is 0.762. The van der Waals surface area contributed by atoms with Crippen LogP contribution >= 0.6 is 15.9 Å². The Labute approximate surface area is 149 Å². The van der Waals surface area contributed by atoms with Crippen molar-refractivity contribution in [3.8, 4) is 0 Å². The van der Waals surface area contributed by atoms with Crippen molar-refractivity contribution in [3.05, 3.63) is 62.1 Å². The van der Waals surface area contributed by atoms with E-state index in [1.807, 2.05) is 29.2 Å². The van der Waals surface area contributed by atoms with Crippen molar-refractivity contribution in [2.45, 2.75) is 33.7 Å². The highest BCUT2D eigenvalue weighted by Gasteiger charge is 2.29. The zero-order chi connectivity index (χ0) is 17.1.